The molecule has 1 amide bonds. The van der Waals surface area contributed by atoms with Crippen LogP contribution in [0.4, 0.5) is 11.4 Å². The Morgan fingerprint density at radius 1 is 1.07 bits per heavy atom. The van der Waals surface area contributed by atoms with Crippen LogP contribution in [0.3, 0.4) is 0 Å². The first-order valence-electron chi connectivity index (χ1n) is 8.44. The number of para-hydroxylation sites is 1. The molecule has 1 atom stereocenters. The summed E-state index contributed by atoms with van der Waals surface area (Å²) in [6.45, 7) is 1.14. The van der Waals surface area contributed by atoms with Crippen molar-refractivity contribution in [2.45, 2.75) is 13.0 Å². The van der Waals surface area contributed by atoms with Crippen LogP contribution in [0.2, 0.25) is 5.02 Å². The van der Waals surface area contributed by atoms with Crippen LogP contribution >= 0.6 is 11.6 Å². The smallest absolute Gasteiger partial charge is 0.348 e. The minimum atomic E-state index is -1.12. The zero-order chi connectivity index (χ0) is 20.1. The van der Waals surface area contributed by atoms with E-state index in [1.54, 1.807) is 48.5 Å². The van der Waals surface area contributed by atoms with Gasteiger partial charge in [-0.1, -0.05) is 29.8 Å². The summed E-state index contributed by atoms with van der Waals surface area (Å²) in [6.07, 6.45) is -1.12. The van der Waals surface area contributed by atoms with Crippen LogP contribution in [0.5, 0.6) is 0 Å². The summed E-state index contributed by atoms with van der Waals surface area (Å²) in [5.41, 5.74) is 0.893. The van der Waals surface area contributed by atoms with E-state index in [0.29, 0.717) is 16.4 Å². The lowest BCUT2D eigenvalue weighted by molar-refractivity contribution is -0.150. The zero-order valence-corrected chi connectivity index (χ0v) is 15.7. The van der Waals surface area contributed by atoms with Crippen LogP contribution < -0.4 is 10.6 Å². The lowest BCUT2D eigenvalue weighted by atomic mass is 10.2. The van der Waals surface area contributed by atoms with E-state index in [1.165, 1.54) is 6.92 Å². The monoisotopic (exact) mass is 400 g/mol. The molecule has 1 aliphatic rings. The Balaban J connectivity index is 1.67. The van der Waals surface area contributed by atoms with Gasteiger partial charge < -0.3 is 20.1 Å². The van der Waals surface area contributed by atoms with Crippen molar-refractivity contribution >= 4 is 40.6 Å². The maximum Gasteiger partial charge on any atom is 0.348 e. The Kier molecular flexibility index (Phi) is 5.96. The van der Waals surface area contributed by atoms with Crippen LogP contribution in [0.15, 0.2) is 66.1 Å². The Bertz CT molecular complexity index is 925. The van der Waals surface area contributed by atoms with E-state index in [2.05, 4.69) is 10.6 Å². The Hall–Kier alpha value is -3.32. The molecule has 0 unspecified atom stereocenters. The third-order valence-electron chi connectivity index (χ3n) is 3.85. The number of carbonyl (C=O) groups excluding carboxylic acids is 3. The average Bonchev–Trinajstić information content (AvgIpc) is 3.04. The van der Waals surface area contributed by atoms with E-state index in [1.807, 2.05) is 6.07 Å². The van der Waals surface area contributed by atoms with Crippen LogP contribution in [0.1, 0.15) is 6.92 Å². The zero-order valence-electron chi connectivity index (χ0n) is 14.9. The van der Waals surface area contributed by atoms with Crippen molar-refractivity contribution in [3.05, 3.63) is 71.1 Å². The van der Waals surface area contributed by atoms with E-state index in [0.717, 1.165) is 0 Å². The second-order valence-corrected chi connectivity index (χ2v) is 6.39. The SMILES string of the molecule is C[C@@H](OC(=O)C1=C(Nc2ccccc2)OCC1=O)C(=O)Nc1ccc(Cl)cc1. The van der Waals surface area contributed by atoms with E-state index in [9.17, 15) is 14.4 Å². The number of anilines is 2. The molecule has 0 fully saturated rings. The number of Topliss-reactive ketones (excluding diaryl/α,β-unsaturated/α-hetero) is 1. The summed E-state index contributed by atoms with van der Waals surface area (Å²) in [5, 5.41) is 6.01. The van der Waals surface area contributed by atoms with E-state index in [-0.39, 0.29) is 18.1 Å². The van der Waals surface area contributed by atoms with E-state index >= 15 is 0 Å². The van der Waals surface area contributed by atoms with Gasteiger partial charge in [-0.05, 0) is 43.3 Å². The molecule has 1 heterocycles. The van der Waals surface area contributed by atoms with Crippen molar-refractivity contribution in [1.82, 2.24) is 0 Å². The molecule has 0 aromatic heterocycles. The molecule has 0 saturated carbocycles. The first-order valence-corrected chi connectivity index (χ1v) is 8.81. The highest BCUT2D eigenvalue weighted by atomic mass is 35.5. The fourth-order valence-corrected chi connectivity index (χ4v) is 2.54. The topological polar surface area (TPSA) is 93.7 Å². The Labute approximate surface area is 166 Å². The first kappa shape index (κ1) is 19.4. The molecule has 0 saturated heterocycles. The molecule has 144 valence electrons. The number of hydrogen-bond acceptors (Lipinski definition) is 6. The number of halogens is 1. The summed E-state index contributed by atoms with van der Waals surface area (Å²) < 4.78 is 10.4. The van der Waals surface area contributed by atoms with Crippen LogP contribution in [-0.2, 0) is 23.9 Å². The third-order valence-corrected chi connectivity index (χ3v) is 4.11. The van der Waals surface area contributed by atoms with E-state index in [4.69, 9.17) is 21.1 Å². The fraction of sp³-hybridized carbons (Fsp3) is 0.150. The largest absolute Gasteiger partial charge is 0.470 e. The predicted octanol–water partition coefficient (Wildman–Crippen LogP) is 3.13. The molecule has 8 heteroatoms. The molecular formula is C20H17ClN2O5. The summed E-state index contributed by atoms with van der Waals surface area (Å²) in [5.74, 6) is -1.99. The Morgan fingerprint density at radius 2 is 1.75 bits per heavy atom. The molecular weight excluding hydrogens is 384 g/mol. The van der Waals surface area contributed by atoms with Gasteiger partial charge in [-0.25, -0.2) is 4.79 Å². The lowest BCUT2D eigenvalue weighted by Gasteiger charge is -2.14. The van der Waals surface area contributed by atoms with Gasteiger partial charge in [0.15, 0.2) is 18.3 Å². The number of rotatable bonds is 6. The summed E-state index contributed by atoms with van der Waals surface area (Å²) >= 11 is 5.80. The molecule has 0 radical (unpaired) electrons. The second-order valence-electron chi connectivity index (χ2n) is 5.95. The Morgan fingerprint density at radius 3 is 2.43 bits per heavy atom. The van der Waals surface area contributed by atoms with Crippen molar-refractivity contribution in [2.75, 3.05) is 17.2 Å². The van der Waals surface area contributed by atoms with Gasteiger partial charge in [0.25, 0.3) is 5.91 Å². The van der Waals surface area contributed by atoms with Gasteiger partial charge in [0.05, 0.1) is 0 Å². The summed E-state index contributed by atoms with van der Waals surface area (Å²) in [4.78, 5) is 36.7. The van der Waals surface area contributed by atoms with Gasteiger partial charge in [0, 0.05) is 16.4 Å². The highest BCUT2D eigenvalue weighted by molar-refractivity contribution is 6.30. The number of esters is 1. The third kappa shape index (κ3) is 4.69. The average molecular weight is 401 g/mol. The number of benzene rings is 2. The normalized spacial score (nSPS) is 14.3. The number of hydrogen-bond donors (Lipinski definition) is 2. The molecule has 2 aromatic rings. The molecule has 0 bridgehead atoms. The van der Waals surface area contributed by atoms with Gasteiger partial charge in [-0.15, -0.1) is 0 Å². The standard InChI is InChI=1S/C20H17ClN2O5/c1-12(18(25)22-15-9-7-13(21)8-10-15)28-20(26)17-16(24)11-27-19(17)23-14-5-3-2-4-6-14/h2-10,12,23H,11H2,1H3,(H,22,25)/t12-/m1/s1. The van der Waals surface area contributed by atoms with E-state index < -0.39 is 23.8 Å². The molecule has 3 rings (SSSR count). The number of carbonyl (C=O) groups is 3. The maximum absolute atomic E-state index is 12.4. The molecule has 7 nitrogen and oxygen atoms in total. The minimum absolute atomic E-state index is 0.00603. The molecule has 0 aliphatic carbocycles. The van der Waals surface area contributed by atoms with Crippen LogP contribution in [0.25, 0.3) is 0 Å². The summed E-state index contributed by atoms with van der Waals surface area (Å²) in [7, 11) is 0. The van der Waals surface area contributed by atoms with Crippen molar-refractivity contribution in [3.63, 3.8) is 0 Å². The molecule has 28 heavy (non-hydrogen) atoms. The van der Waals surface area contributed by atoms with Gasteiger partial charge in [-0.2, -0.15) is 0 Å². The number of ketones is 1. The minimum Gasteiger partial charge on any atom is -0.470 e. The van der Waals surface area contributed by atoms with Crippen LogP contribution in [0, 0.1) is 0 Å². The predicted molar refractivity (Wildman–Crippen MR) is 104 cm³/mol. The van der Waals surface area contributed by atoms with Gasteiger partial charge >= 0.3 is 5.97 Å². The summed E-state index contributed by atoms with van der Waals surface area (Å²) in [6, 6.07) is 15.4. The highest BCUT2D eigenvalue weighted by Gasteiger charge is 2.34. The molecule has 0 spiro atoms. The maximum atomic E-state index is 12.4. The van der Waals surface area contributed by atoms with Crippen molar-refractivity contribution in [3.8, 4) is 0 Å². The number of nitrogens with one attached hydrogen (secondary N) is 2. The van der Waals surface area contributed by atoms with Crippen LogP contribution in [-0.4, -0.2) is 30.4 Å². The van der Waals surface area contributed by atoms with Crippen molar-refractivity contribution < 1.29 is 23.9 Å². The van der Waals surface area contributed by atoms with Gasteiger partial charge in [0.1, 0.15) is 0 Å². The quantitative estimate of drug-likeness (QED) is 0.571. The van der Waals surface area contributed by atoms with Crippen molar-refractivity contribution in [2.24, 2.45) is 0 Å². The molecule has 1 aliphatic heterocycles. The lowest BCUT2D eigenvalue weighted by Crippen LogP contribution is -2.31. The first-order chi connectivity index (χ1) is 13.4. The second kappa shape index (κ2) is 8.58. The number of ether oxygens (including phenoxy) is 2. The molecule has 2 aromatic carbocycles. The highest BCUT2D eigenvalue weighted by Crippen LogP contribution is 2.21. The van der Waals surface area contributed by atoms with Crippen molar-refractivity contribution in [1.29, 1.82) is 0 Å². The fourth-order valence-electron chi connectivity index (χ4n) is 2.42. The number of amides is 1. The van der Waals surface area contributed by atoms with Gasteiger partial charge in [-0.3, -0.25) is 9.59 Å². The van der Waals surface area contributed by atoms with Gasteiger partial charge in [0.2, 0.25) is 11.7 Å². The molecule has 2 N–H and O–H groups in total.